The van der Waals surface area contributed by atoms with E-state index in [9.17, 15) is 0 Å². The summed E-state index contributed by atoms with van der Waals surface area (Å²) in [5.74, 6) is 1.93. The van der Waals surface area contributed by atoms with Crippen LogP contribution in [0.15, 0.2) is 24.4 Å². The smallest absolute Gasteiger partial charge is 0.152 e. The Kier molecular flexibility index (Phi) is 3.66. The number of anilines is 1. The Bertz CT molecular complexity index is 587. The van der Waals surface area contributed by atoms with Gasteiger partial charge in [-0.3, -0.25) is 0 Å². The van der Waals surface area contributed by atoms with Crippen LogP contribution in [0.2, 0.25) is 0 Å². The number of pyridine rings is 1. The highest BCUT2D eigenvalue weighted by atomic mass is 15.2. The van der Waals surface area contributed by atoms with Crippen LogP contribution in [-0.2, 0) is 6.54 Å². The maximum absolute atomic E-state index is 4.86. The molecule has 1 N–H and O–H groups in total. The largest absolute Gasteiger partial charge is 0.355 e. The lowest BCUT2D eigenvalue weighted by Gasteiger charge is -2.18. The zero-order valence-corrected chi connectivity index (χ0v) is 12.6. The van der Waals surface area contributed by atoms with Crippen molar-refractivity contribution >= 4 is 11.5 Å². The van der Waals surface area contributed by atoms with Crippen molar-refractivity contribution in [3.05, 3.63) is 30.1 Å². The first-order valence-corrected chi connectivity index (χ1v) is 7.59. The summed E-state index contributed by atoms with van der Waals surface area (Å²) in [7, 11) is 0. The molecule has 20 heavy (non-hydrogen) atoms. The van der Waals surface area contributed by atoms with Crippen LogP contribution in [0.3, 0.4) is 0 Å². The van der Waals surface area contributed by atoms with Crippen molar-refractivity contribution in [1.29, 1.82) is 0 Å². The second kappa shape index (κ2) is 5.44. The van der Waals surface area contributed by atoms with Crippen molar-refractivity contribution in [2.24, 2.45) is 5.92 Å². The zero-order chi connectivity index (χ0) is 14.1. The molecule has 0 spiro atoms. The summed E-state index contributed by atoms with van der Waals surface area (Å²) in [5, 5.41) is 3.53. The van der Waals surface area contributed by atoms with Crippen molar-refractivity contribution in [3.63, 3.8) is 0 Å². The highest BCUT2D eigenvalue weighted by Crippen LogP contribution is 2.27. The summed E-state index contributed by atoms with van der Waals surface area (Å²) < 4.78 is 2.22. The normalized spacial score (nSPS) is 19.4. The van der Waals surface area contributed by atoms with Gasteiger partial charge in [0.05, 0.1) is 5.69 Å². The molecule has 0 amide bonds. The number of fused-ring (bicyclic) bond motifs is 1. The molecule has 2 aromatic rings. The minimum Gasteiger partial charge on any atom is -0.355 e. The molecule has 1 aliphatic heterocycles. The molecule has 1 fully saturated rings. The van der Waals surface area contributed by atoms with E-state index in [0.29, 0.717) is 6.04 Å². The lowest BCUT2D eigenvalue weighted by atomic mass is 10.2. The standard InChI is InChI=1S/C16H24N4/c1-12(2)17-10-14-16(19-9-7-13(3)11-19)18-15-6-4-5-8-20(14)15/h4-6,8,12-13,17H,7,9-11H2,1-3H3. The summed E-state index contributed by atoms with van der Waals surface area (Å²) in [4.78, 5) is 7.30. The van der Waals surface area contributed by atoms with Crippen molar-refractivity contribution < 1.29 is 0 Å². The van der Waals surface area contributed by atoms with Gasteiger partial charge < -0.3 is 14.6 Å². The lowest BCUT2D eigenvalue weighted by molar-refractivity contribution is 0.578. The molecular weight excluding hydrogens is 248 g/mol. The molecule has 1 aliphatic rings. The molecule has 0 bridgehead atoms. The van der Waals surface area contributed by atoms with E-state index in [-0.39, 0.29) is 0 Å². The lowest BCUT2D eigenvalue weighted by Crippen LogP contribution is -2.26. The van der Waals surface area contributed by atoms with E-state index >= 15 is 0 Å². The number of nitrogens with zero attached hydrogens (tertiary/aromatic N) is 3. The van der Waals surface area contributed by atoms with Gasteiger partial charge in [0.1, 0.15) is 5.65 Å². The van der Waals surface area contributed by atoms with Gasteiger partial charge >= 0.3 is 0 Å². The molecule has 4 nitrogen and oxygen atoms in total. The van der Waals surface area contributed by atoms with Gasteiger partial charge in [-0.2, -0.15) is 0 Å². The van der Waals surface area contributed by atoms with Crippen LogP contribution in [0.5, 0.6) is 0 Å². The molecule has 4 heteroatoms. The Morgan fingerprint density at radius 1 is 1.40 bits per heavy atom. The molecule has 0 aliphatic carbocycles. The van der Waals surface area contributed by atoms with Crippen LogP contribution in [-0.4, -0.2) is 28.5 Å². The molecule has 1 atom stereocenters. The third-order valence-corrected chi connectivity index (χ3v) is 4.01. The van der Waals surface area contributed by atoms with Crippen LogP contribution < -0.4 is 10.2 Å². The average molecular weight is 272 g/mol. The van der Waals surface area contributed by atoms with Gasteiger partial charge in [0.25, 0.3) is 0 Å². The monoisotopic (exact) mass is 272 g/mol. The van der Waals surface area contributed by atoms with Gasteiger partial charge in [-0.05, 0) is 24.5 Å². The van der Waals surface area contributed by atoms with Crippen molar-refractivity contribution in [2.75, 3.05) is 18.0 Å². The minimum absolute atomic E-state index is 0.481. The Morgan fingerprint density at radius 2 is 2.25 bits per heavy atom. The highest BCUT2D eigenvalue weighted by molar-refractivity contribution is 5.56. The molecular formula is C16H24N4. The van der Waals surface area contributed by atoms with E-state index in [1.807, 2.05) is 0 Å². The summed E-state index contributed by atoms with van der Waals surface area (Å²) in [6.07, 6.45) is 3.38. The number of imidazole rings is 1. The van der Waals surface area contributed by atoms with E-state index in [0.717, 1.165) is 37.0 Å². The Hall–Kier alpha value is -1.55. The fourth-order valence-electron chi connectivity index (χ4n) is 2.88. The van der Waals surface area contributed by atoms with Gasteiger partial charge in [-0.1, -0.05) is 26.8 Å². The molecule has 108 valence electrons. The first-order valence-electron chi connectivity index (χ1n) is 7.59. The summed E-state index contributed by atoms with van der Waals surface area (Å²) in [6, 6.07) is 6.69. The van der Waals surface area contributed by atoms with E-state index in [4.69, 9.17) is 4.98 Å². The van der Waals surface area contributed by atoms with Crippen molar-refractivity contribution in [2.45, 2.75) is 39.8 Å². The average Bonchev–Trinajstić information content (AvgIpc) is 2.99. The maximum Gasteiger partial charge on any atom is 0.152 e. The van der Waals surface area contributed by atoms with E-state index < -0.39 is 0 Å². The first kappa shape index (κ1) is 13.4. The molecule has 3 rings (SSSR count). The predicted molar refractivity (Wildman–Crippen MR) is 83.2 cm³/mol. The zero-order valence-electron chi connectivity index (χ0n) is 12.6. The number of hydrogen-bond acceptors (Lipinski definition) is 3. The Morgan fingerprint density at radius 3 is 2.95 bits per heavy atom. The number of aromatic nitrogens is 2. The Balaban J connectivity index is 1.98. The summed E-state index contributed by atoms with van der Waals surface area (Å²) >= 11 is 0. The Labute approximate surface area is 120 Å². The van der Waals surface area contributed by atoms with Crippen LogP contribution in [0.25, 0.3) is 5.65 Å². The van der Waals surface area contributed by atoms with Gasteiger partial charge in [0.15, 0.2) is 5.82 Å². The van der Waals surface area contributed by atoms with Crippen molar-refractivity contribution in [3.8, 4) is 0 Å². The second-order valence-electron chi connectivity index (χ2n) is 6.19. The minimum atomic E-state index is 0.481. The third kappa shape index (κ3) is 2.52. The molecule has 1 unspecified atom stereocenters. The quantitative estimate of drug-likeness (QED) is 0.929. The van der Waals surface area contributed by atoms with Gasteiger partial charge in [-0.15, -0.1) is 0 Å². The number of nitrogens with one attached hydrogen (secondary N) is 1. The predicted octanol–water partition coefficient (Wildman–Crippen LogP) is 2.68. The fraction of sp³-hybridized carbons (Fsp3) is 0.562. The topological polar surface area (TPSA) is 32.6 Å². The molecule has 3 heterocycles. The third-order valence-electron chi connectivity index (χ3n) is 4.01. The van der Waals surface area contributed by atoms with Gasteiger partial charge in [0, 0.05) is 31.9 Å². The first-order chi connectivity index (χ1) is 9.65. The van der Waals surface area contributed by atoms with Crippen molar-refractivity contribution in [1.82, 2.24) is 14.7 Å². The van der Waals surface area contributed by atoms with Gasteiger partial charge in [0.2, 0.25) is 0 Å². The molecule has 0 aromatic carbocycles. The molecule has 2 aromatic heterocycles. The number of rotatable bonds is 4. The van der Waals surface area contributed by atoms with Crippen LogP contribution in [0.4, 0.5) is 5.82 Å². The SMILES string of the molecule is CC1CCN(c2nc3ccccn3c2CNC(C)C)C1. The van der Waals surface area contributed by atoms with Crippen LogP contribution in [0.1, 0.15) is 32.9 Å². The molecule has 0 saturated carbocycles. The highest BCUT2D eigenvalue weighted by Gasteiger charge is 2.24. The van der Waals surface area contributed by atoms with Crippen LogP contribution >= 0.6 is 0 Å². The molecule has 0 radical (unpaired) electrons. The second-order valence-corrected chi connectivity index (χ2v) is 6.19. The van der Waals surface area contributed by atoms with Crippen LogP contribution in [0, 0.1) is 5.92 Å². The molecule has 1 saturated heterocycles. The fourth-order valence-corrected chi connectivity index (χ4v) is 2.88. The van der Waals surface area contributed by atoms with E-state index in [2.05, 4.69) is 59.8 Å². The number of hydrogen-bond donors (Lipinski definition) is 1. The maximum atomic E-state index is 4.86. The van der Waals surface area contributed by atoms with E-state index in [1.54, 1.807) is 0 Å². The summed E-state index contributed by atoms with van der Waals surface area (Å²) in [6.45, 7) is 9.80. The van der Waals surface area contributed by atoms with Gasteiger partial charge in [-0.25, -0.2) is 4.98 Å². The van der Waals surface area contributed by atoms with E-state index in [1.165, 1.54) is 12.1 Å². The summed E-state index contributed by atoms with van der Waals surface area (Å²) in [5.41, 5.74) is 2.33.